The van der Waals surface area contributed by atoms with E-state index in [0.29, 0.717) is 18.5 Å². The van der Waals surface area contributed by atoms with Crippen molar-refractivity contribution in [1.29, 1.82) is 0 Å². The maximum absolute atomic E-state index is 12.5. The summed E-state index contributed by atoms with van der Waals surface area (Å²) in [5.41, 5.74) is 2.39. The van der Waals surface area contributed by atoms with Crippen LogP contribution >= 0.6 is 0 Å². The first-order valence-corrected chi connectivity index (χ1v) is 8.89. The van der Waals surface area contributed by atoms with E-state index in [1.807, 2.05) is 12.1 Å². The number of hydrogen-bond donors (Lipinski definition) is 1. The standard InChI is InChI=1S/C19H28N2O2/c1-14-7-3-4-10-16(14)20-18(22)13-21-12-6-9-15-8-5-11-17(23-2)19(15)21/h5,8,11,14,16H,3-4,6-7,9-10,12-13H2,1-2H3,(H,20,22). The lowest BCUT2D eigenvalue weighted by molar-refractivity contribution is -0.121. The van der Waals surface area contributed by atoms with Gasteiger partial charge in [0.2, 0.25) is 5.91 Å². The highest BCUT2D eigenvalue weighted by Gasteiger charge is 2.26. The summed E-state index contributed by atoms with van der Waals surface area (Å²) < 4.78 is 5.52. The molecule has 0 radical (unpaired) electrons. The van der Waals surface area contributed by atoms with Crippen molar-refractivity contribution in [2.45, 2.75) is 51.5 Å². The van der Waals surface area contributed by atoms with Crippen molar-refractivity contribution in [3.05, 3.63) is 23.8 Å². The monoisotopic (exact) mass is 316 g/mol. The van der Waals surface area contributed by atoms with Crippen LogP contribution in [0.15, 0.2) is 18.2 Å². The van der Waals surface area contributed by atoms with Gasteiger partial charge in [-0.25, -0.2) is 0 Å². The molecule has 2 atom stereocenters. The Labute approximate surface area is 139 Å². The number of carbonyl (C=O) groups is 1. The second-order valence-corrected chi connectivity index (χ2v) is 6.93. The highest BCUT2D eigenvalue weighted by atomic mass is 16.5. The fourth-order valence-corrected chi connectivity index (χ4v) is 3.98. The lowest BCUT2D eigenvalue weighted by Gasteiger charge is -2.34. The van der Waals surface area contributed by atoms with Crippen molar-refractivity contribution in [3.63, 3.8) is 0 Å². The average molecular weight is 316 g/mol. The van der Waals surface area contributed by atoms with Crippen LogP contribution in [-0.4, -0.2) is 32.1 Å². The molecular weight excluding hydrogens is 288 g/mol. The fraction of sp³-hybridized carbons (Fsp3) is 0.632. The van der Waals surface area contributed by atoms with Gasteiger partial charge in [0.05, 0.1) is 19.3 Å². The van der Waals surface area contributed by atoms with Gasteiger partial charge in [-0.15, -0.1) is 0 Å². The smallest absolute Gasteiger partial charge is 0.239 e. The Balaban J connectivity index is 1.68. The number of nitrogens with zero attached hydrogens (tertiary/aromatic N) is 1. The van der Waals surface area contributed by atoms with Gasteiger partial charge in [-0.3, -0.25) is 4.79 Å². The highest BCUT2D eigenvalue weighted by molar-refractivity contribution is 5.83. The molecule has 1 heterocycles. The first kappa shape index (κ1) is 16.2. The number of nitrogens with one attached hydrogen (secondary N) is 1. The van der Waals surface area contributed by atoms with E-state index in [1.54, 1.807) is 7.11 Å². The van der Waals surface area contributed by atoms with Gasteiger partial charge in [0, 0.05) is 12.6 Å². The molecule has 23 heavy (non-hydrogen) atoms. The number of anilines is 1. The van der Waals surface area contributed by atoms with E-state index in [0.717, 1.165) is 37.2 Å². The maximum Gasteiger partial charge on any atom is 0.239 e. The van der Waals surface area contributed by atoms with Crippen LogP contribution in [-0.2, 0) is 11.2 Å². The molecule has 1 aliphatic carbocycles. The number of benzene rings is 1. The Morgan fingerprint density at radius 3 is 2.91 bits per heavy atom. The van der Waals surface area contributed by atoms with Crippen LogP contribution in [0.3, 0.4) is 0 Å². The van der Waals surface area contributed by atoms with E-state index in [1.165, 1.54) is 24.8 Å². The second kappa shape index (κ2) is 7.24. The molecule has 0 bridgehead atoms. The number of rotatable bonds is 4. The molecule has 1 fully saturated rings. The number of amides is 1. The van der Waals surface area contributed by atoms with Crippen LogP contribution < -0.4 is 15.0 Å². The van der Waals surface area contributed by atoms with Gasteiger partial charge in [-0.05, 0) is 43.2 Å². The summed E-state index contributed by atoms with van der Waals surface area (Å²) in [7, 11) is 1.70. The molecule has 126 valence electrons. The molecule has 0 saturated heterocycles. The van der Waals surface area contributed by atoms with Gasteiger partial charge >= 0.3 is 0 Å². The van der Waals surface area contributed by atoms with E-state index in [4.69, 9.17) is 4.74 Å². The quantitative estimate of drug-likeness (QED) is 0.928. The first-order valence-electron chi connectivity index (χ1n) is 8.89. The summed E-state index contributed by atoms with van der Waals surface area (Å²) in [6.45, 7) is 3.60. The minimum Gasteiger partial charge on any atom is -0.495 e. The van der Waals surface area contributed by atoms with Crippen molar-refractivity contribution in [2.24, 2.45) is 5.92 Å². The second-order valence-electron chi connectivity index (χ2n) is 6.93. The largest absolute Gasteiger partial charge is 0.495 e. The molecular formula is C19H28N2O2. The molecule has 4 nitrogen and oxygen atoms in total. The van der Waals surface area contributed by atoms with Crippen molar-refractivity contribution >= 4 is 11.6 Å². The zero-order chi connectivity index (χ0) is 16.2. The summed E-state index contributed by atoms with van der Waals surface area (Å²) in [4.78, 5) is 14.7. The van der Waals surface area contributed by atoms with Gasteiger partial charge in [-0.2, -0.15) is 0 Å². The minimum atomic E-state index is 0.141. The summed E-state index contributed by atoms with van der Waals surface area (Å²) >= 11 is 0. The molecule has 2 aliphatic rings. The summed E-state index contributed by atoms with van der Waals surface area (Å²) in [5.74, 6) is 1.61. The van der Waals surface area contributed by atoms with Crippen molar-refractivity contribution in [1.82, 2.24) is 5.32 Å². The third-order valence-electron chi connectivity index (χ3n) is 5.29. The van der Waals surface area contributed by atoms with E-state index in [-0.39, 0.29) is 5.91 Å². The Kier molecular flexibility index (Phi) is 5.09. The number of aryl methyl sites for hydroxylation is 1. The van der Waals surface area contributed by atoms with Crippen molar-refractivity contribution < 1.29 is 9.53 Å². The zero-order valence-corrected chi connectivity index (χ0v) is 14.3. The first-order chi connectivity index (χ1) is 11.2. The molecule has 1 aromatic rings. The van der Waals surface area contributed by atoms with Gasteiger partial charge in [-0.1, -0.05) is 31.9 Å². The molecule has 1 amide bonds. The van der Waals surface area contributed by atoms with Crippen LogP contribution in [0.25, 0.3) is 0 Å². The predicted octanol–water partition coefficient (Wildman–Crippen LogP) is 3.14. The molecule has 2 unspecified atom stereocenters. The lowest BCUT2D eigenvalue weighted by atomic mass is 9.86. The molecule has 0 aromatic heterocycles. The van der Waals surface area contributed by atoms with Gasteiger partial charge in [0.25, 0.3) is 0 Å². The SMILES string of the molecule is COc1cccc2c1N(CC(=O)NC1CCCCC1C)CCC2. The Bertz CT molecular complexity index is 544. The van der Waals surface area contributed by atoms with Crippen LogP contribution in [0, 0.1) is 5.92 Å². The minimum absolute atomic E-state index is 0.141. The number of para-hydroxylation sites is 1. The van der Waals surface area contributed by atoms with E-state index in [2.05, 4.69) is 23.2 Å². The molecule has 1 aromatic carbocycles. The lowest BCUT2D eigenvalue weighted by Crippen LogP contribution is -2.46. The predicted molar refractivity (Wildman–Crippen MR) is 93.1 cm³/mol. The molecule has 4 heteroatoms. The Hall–Kier alpha value is -1.71. The normalized spacial score (nSPS) is 24.0. The van der Waals surface area contributed by atoms with Crippen molar-refractivity contribution in [2.75, 3.05) is 25.1 Å². The van der Waals surface area contributed by atoms with Crippen LogP contribution in [0.4, 0.5) is 5.69 Å². The van der Waals surface area contributed by atoms with Gasteiger partial charge in [0.15, 0.2) is 0 Å². The highest BCUT2D eigenvalue weighted by Crippen LogP contribution is 2.35. The topological polar surface area (TPSA) is 41.6 Å². The fourth-order valence-electron chi connectivity index (χ4n) is 3.98. The molecule has 1 N–H and O–H groups in total. The Morgan fingerprint density at radius 2 is 2.13 bits per heavy atom. The molecule has 1 saturated carbocycles. The van der Waals surface area contributed by atoms with Crippen molar-refractivity contribution in [3.8, 4) is 5.75 Å². The van der Waals surface area contributed by atoms with Crippen LogP contribution in [0.1, 0.15) is 44.6 Å². The van der Waals surface area contributed by atoms with Gasteiger partial charge < -0.3 is 15.0 Å². The summed E-state index contributed by atoms with van der Waals surface area (Å²) in [6.07, 6.45) is 7.02. The van der Waals surface area contributed by atoms with E-state index < -0.39 is 0 Å². The third kappa shape index (κ3) is 3.62. The van der Waals surface area contributed by atoms with E-state index >= 15 is 0 Å². The van der Waals surface area contributed by atoms with E-state index in [9.17, 15) is 4.79 Å². The maximum atomic E-state index is 12.5. The van der Waals surface area contributed by atoms with Crippen LogP contribution in [0.5, 0.6) is 5.75 Å². The number of hydrogen-bond acceptors (Lipinski definition) is 3. The number of methoxy groups -OCH3 is 1. The number of carbonyl (C=O) groups excluding carboxylic acids is 1. The van der Waals surface area contributed by atoms with Crippen LogP contribution in [0.2, 0.25) is 0 Å². The molecule has 0 spiro atoms. The zero-order valence-electron chi connectivity index (χ0n) is 14.3. The third-order valence-corrected chi connectivity index (χ3v) is 5.29. The average Bonchev–Trinajstić information content (AvgIpc) is 2.56. The Morgan fingerprint density at radius 1 is 1.30 bits per heavy atom. The molecule has 1 aliphatic heterocycles. The molecule has 3 rings (SSSR count). The summed E-state index contributed by atoms with van der Waals surface area (Å²) in [5, 5.41) is 3.26. The number of ether oxygens (including phenoxy) is 1. The van der Waals surface area contributed by atoms with Gasteiger partial charge in [0.1, 0.15) is 5.75 Å². The summed E-state index contributed by atoms with van der Waals surface area (Å²) in [6, 6.07) is 6.51. The number of fused-ring (bicyclic) bond motifs is 1.